The Morgan fingerprint density at radius 2 is 1.33 bits per heavy atom. The first-order valence-electron chi connectivity index (χ1n) is 17.1. The van der Waals surface area contributed by atoms with Crippen molar-refractivity contribution in [3.05, 3.63) is 24.3 Å². The molecule has 0 aromatic carbocycles. The molecule has 0 N–H and O–H groups in total. The van der Waals surface area contributed by atoms with Gasteiger partial charge in [0.05, 0.1) is 34.4 Å². The van der Waals surface area contributed by atoms with Gasteiger partial charge in [-0.2, -0.15) is 0 Å². The Morgan fingerprint density at radius 3 is 1.98 bits per heavy atom. The molecule has 0 heterocycles. The zero-order valence-corrected chi connectivity index (χ0v) is 29.3. The first kappa shape index (κ1) is 42.0. The molecule has 0 aliphatic heterocycles. The summed E-state index contributed by atoms with van der Waals surface area (Å²) in [5, 5.41) is 0. The number of hydrogen-bond acceptors (Lipinski definition) is 7. The van der Waals surface area contributed by atoms with Crippen molar-refractivity contribution in [3.8, 4) is 0 Å². The Labute approximate surface area is 264 Å². The van der Waals surface area contributed by atoms with E-state index in [1.165, 1.54) is 44.9 Å². The van der Waals surface area contributed by atoms with Gasteiger partial charge in [0.15, 0.2) is 0 Å². The summed E-state index contributed by atoms with van der Waals surface area (Å²) in [5.41, 5.74) is 0. The number of carbonyl (C=O) groups excluding carboxylic acids is 1. The van der Waals surface area contributed by atoms with Gasteiger partial charge in [0.2, 0.25) is 0 Å². The fraction of sp³-hybridized carbons (Fsp3) is 0.853. The molecule has 0 aromatic rings. The van der Waals surface area contributed by atoms with Crippen LogP contribution in [0.1, 0.15) is 129 Å². The third-order valence-corrected chi connectivity index (χ3v) is 7.95. The third-order valence-electron chi connectivity index (χ3n) is 6.99. The number of carbonyl (C=O) groups is 1. The van der Waals surface area contributed by atoms with E-state index in [-0.39, 0.29) is 25.8 Å². The molecule has 2 unspecified atom stereocenters. The lowest BCUT2D eigenvalue weighted by molar-refractivity contribution is -0.870. The van der Waals surface area contributed by atoms with Crippen LogP contribution in [0, 0.1) is 0 Å². The lowest BCUT2D eigenvalue weighted by atomic mass is 10.1. The summed E-state index contributed by atoms with van der Waals surface area (Å²) >= 11 is 0. The van der Waals surface area contributed by atoms with Crippen molar-refractivity contribution in [1.82, 2.24) is 0 Å². The first-order valence-corrected chi connectivity index (χ1v) is 18.5. The van der Waals surface area contributed by atoms with Gasteiger partial charge in [-0.3, -0.25) is 9.36 Å². The lowest BCUT2D eigenvalue weighted by Gasteiger charge is -2.28. The van der Waals surface area contributed by atoms with Crippen molar-refractivity contribution >= 4 is 13.8 Å². The van der Waals surface area contributed by atoms with Crippen LogP contribution in [0.2, 0.25) is 0 Å². The molecule has 0 bridgehead atoms. The number of nitrogens with zero attached hydrogens (tertiary/aromatic N) is 1. The van der Waals surface area contributed by atoms with Crippen molar-refractivity contribution in [1.29, 1.82) is 0 Å². The summed E-state index contributed by atoms with van der Waals surface area (Å²) in [6, 6.07) is 0. The topological polar surface area (TPSA) is 94.1 Å². The van der Waals surface area contributed by atoms with Gasteiger partial charge in [-0.1, -0.05) is 109 Å². The number of hydrogen-bond donors (Lipinski definition) is 0. The molecule has 0 aliphatic rings. The zero-order chi connectivity index (χ0) is 32.1. The largest absolute Gasteiger partial charge is 0.756 e. The van der Waals surface area contributed by atoms with Crippen LogP contribution in [0.15, 0.2) is 24.3 Å². The van der Waals surface area contributed by atoms with Crippen LogP contribution in [0.4, 0.5) is 0 Å². The van der Waals surface area contributed by atoms with Crippen molar-refractivity contribution < 1.29 is 37.3 Å². The van der Waals surface area contributed by atoms with E-state index in [0.29, 0.717) is 24.1 Å². The number of quaternary nitrogens is 1. The lowest BCUT2D eigenvalue weighted by Crippen LogP contribution is -2.37. The van der Waals surface area contributed by atoms with Crippen LogP contribution in [0.3, 0.4) is 0 Å². The fourth-order valence-corrected chi connectivity index (χ4v) is 5.02. The minimum atomic E-state index is -4.51. The number of likely N-dealkylation sites (N-methyl/N-ethyl adjacent to an activating group) is 1. The number of esters is 1. The number of unbranched alkanes of at least 4 members (excludes halogenated alkanes) is 13. The maximum absolute atomic E-state index is 12.5. The van der Waals surface area contributed by atoms with Crippen LogP contribution in [0.5, 0.6) is 0 Å². The van der Waals surface area contributed by atoms with Gasteiger partial charge < -0.3 is 27.9 Å². The minimum absolute atomic E-state index is 0.0242. The fourth-order valence-electron chi connectivity index (χ4n) is 4.29. The van der Waals surface area contributed by atoms with Crippen LogP contribution < -0.4 is 4.89 Å². The molecule has 0 saturated heterocycles. The molecule has 0 spiro atoms. The van der Waals surface area contributed by atoms with Crippen molar-refractivity contribution in [2.45, 2.75) is 136 Å². The van der Waals surface area contributed by atoms with E-state index in [1.807, 2.05) is 21.1 Å². The molecular weight excluding hydrogens is 565 g/mol. The second-order valence-corrected chi connectivity index (χ2v) is 13.9. The number of allylic oxidation sites excluding steroid dienone is 4. The van der Waals surface area contributed by atoms with Crippen molar-refractivity contribution in [2.24, 2.45) is 0 Å². The van der Waals surface area contributed by atoms with Crippen LogP contribution >= 0.6 is 7.82 Å². The maximum Gasteiger partial charge on any atom is 0.306 e. The number of phosphoric ester groups is 1. The summed E-state index contributed by atoms with van der Waals surface area (Å²) < 4.78 is 34.2. The highest BCUT2D eigenvalue weighted by molar-refractivity contribution is 7.45. The standard InChI is InChI=1S/C34H66NO7P/c1-6-8-10-12-14-16-17-18-19-20-21-23-25-27-34(36)42-33(31-39-29-26-24-22-15-13-11-9-7-2)32-41-43(37,38)40-30-28-35(3,4)5/h10,12,16-17,33H,6-9,11,13-15,18-32H2,1-5H3/b12-10-,17-16-. The quantitative estimate of drug-likeness (QED) is 0.0250. The molecule has 8 nitrogen and oxygen atoms in total. The molecule has 2 atom stereocenters. The highest BCUT2D eigenvalue weighted by Gasteiger charge is 2.20. The third kappa shape index (κ3) is 32.2. The molecule has 0 radical (unpaired) electrons. The van der Waals surface area contributed by atoms with Gasteiger partial charge in [-0.25, -0.2) is 0 Å². The van der Waals surface area contributed by atoms with E-state index >= 15 is 0 Å². The van der Waals surface area contributed by atoms with Crippen LogP contribution in [0.25, 0.3) is 0 Å². The first-order chi connectivity index (χ1) is 20.6. The average molecular weight is 632 g/mol. The Hall–Kier alpha value is -1.02. The maximum atomic E-state index is 12.5. The number of phosphoric acid groups is 1. The Balaban J connectivity index is 4.36. The monoisotopic (exact) mass is 631 g/mol. The van der Waals surface area contributed by atoms with Crippen LogP contribution in [-0.4, -0.2) is 70.7 Å². The molecule has 0 aliphatic carbocycles. The second-order valence-electron chi connectivity index (χ2n) is 12.5. The van der Waals surface area contributed by atoms with Gasteiger partial charge in [-0.15, -0.1) is 0 Å². The molecule has 9 heteroatoms. The molecule has 0 amide bonds. The van der Waals surface area contributed by atoms with Crippen molar-refractivity contribution in [2.75, 3.05) is 54.1 Å². The minimum Gasteiger partial charge on any atom is -0.756 e. The zero-order valence-electron chi connectivity index (χ0n) is 28.4. The molecule has 43 heavy (non-hydrogen) atoms. The molecule has 0 saturated carbocycles. The Morgan fingerprint density at radius 1 is 0.721 bits per heavy atom. The molecule has 254 valence electrons. The SMILES string of the molecule is CCC/C=C\C/C=C\CCCCCCCC(=O)OC(COCCCCCCCCCC)COP(=O)([O-])OCC[N+](C)(C)C. The summed E-state index contributed by atoms with van der Waals surface area (Å²) in [7, 11) is 1.34. The van der Waals surface area contributed by atoms with E-state index in [9.17, 15) is 14.3 Å². The Kier molecular flexibility index (Phi) is 27.8. The summed E-state index contributed by atoms with van der Waals surface area (Å²) in [5.74, 6) is -0.352. The van der Waals surface area contributed by atoms with E-state index in [2.05, 4.69) is 38.2 Å². The summed E-state index contributed by atoms with van der Waals surface area (Å²) in [4.78, 5) is 24.8. The normalized spacial score (nSPS) is 14.5. The predicted molar refractivity (Wildman–Crippen MR) is 176 cm³/mol. The molecule has 0 aromatic heterocycles. The van der Waals surface area contributed by atoms with Gasteiger partial charge in [0.25, 0.3) is 7.82 Å². The number of ether oxygens (including phenoxy) is 2. The molecule has 0 fully saturated rings. The van der Waals surface area contributed by atoms with E-state index in [0.717, 1.165) is 64.2 Å². The highest BCUT2D eigenvalue weighted by Crippen LogP contribution is 2.38. The summed E-state index contributed by atoms with van der Waals surface area (Å²) in [6.45, 7) is 5.28. The van der Waals surface area contributed by atoms with E-state index < -0.39 is 13.9 Å². The van der Waals surface area contributed by atoms with E-state index in [1.54, 1.807) is 0 Å². The van der Waals surface area contributed by atoms with Gasteiger partial charge in [-0.05, 0) is 38.5 Å². The Bertz CT molecular complexity index is 752. The average Bonchev–Trinajstić information content (AvgIpc) is 2.94. The smallest absolute Gasteiger partial charge is 0.306 e. The highest BCUT2D eigenvalue weighted by atomic mass is 31.2. The van der Waals surface area contributed by atoms with Crippen molar-refractivity contribution in [3.63, 3.8) is 0 Å². The van der Waals surface area contributed by atoms with Gasteiger partial charge in [0, 0.05) is 13.0 Å². The molecule has 0 rings (SSSR count). The van der Waals surface area contributed by atoms with Gasteiger partial charge >= 0.3 is 5.97 Å². The second kappa shape index (κ2) is 28.5. The summed E-state index contributed by atoms with van der Waals surface area (Å²) in [6.07, 6.45) is 27.6. The van der Waals surface area contributed by atoms with E-state index in [4.69, 9.17) is 18.5 Å². The number of rotatable bonds is 31. The van der Waals surface area contributed by atoms with Crippen LogP contribution in [-0.2, 0) is 27.9 Å². The molecular formula is C34H66NO7P. The van der Waals surface area contributed by atoms with Gasteiger partial charge in [0.1, 0.15) is 19.3 Å². The predicted octanol–water partition coefficient (Wildman–Crippen LogP) is 8.30.